The molecule has 1 N–H and O–H groups in total. The molecule has 19 heavy (non-hydrogen) atoms. The van der Waals surface area contributed by atoms with Crippen LogP contribution in [-0.2, 0) is 9.59 Å². The van der Waals surface area contributed by atoms with Gasteiger partial charge in [-0.25, -0.2) is 0 Å². The van der Waals surface area contributed by atoms with Crippen LogP contribution in [0.3, 0.4) is 0 Å². The van der Waals surface area contributed by atoms with Gasteiger partial charge in [0.15, 0.2) is 0 Å². The van der Waals surface area contributed by atoms with Crippen molar-refractivity contribution in [1.82, 2.24) is 5.32 Å². The van der Waals surface area contributed by atoms with Gasteiger partial charge in [0.2, 0.25) is 11.8 Å². The molecule has 1 saturated carbocycles. The maximum absolute atomic E-state index is 11.7. The van der Waals surface area contributed by atoms with Crippen LogP contribution in [-0.4, -0.2) is 24.4 Å². The molecule has 0 saturated heterocycles. The van der Waals surface area contributed by atoms with Gasteiger partial charge in [0.1, 0.15) is 0 Å². The highest BCUT2D eigenvalue weighted by atomic mass is 16.2. The third kappa shape index (κ3) is 4.09. The monoisotopic (exact) mass is 260 g/mol. The van der Waals surface area contributed by atoms with Gasteiger partial charge >= 0.3 is 0 Å². The van der Waals surface area contributed by atoms with Crippen molar-refractivity contribution in [1.29, 1.82) is 0 Å². The molecule has 2 amide bonds. The molecule has 1 aliphatic carbocycles. The molecule has 4 nitrogen and oxygen atoms in total. The number of hydrogen-bond acceptors (Lipinski definition) is 2. The second-order valence-electron chi connectivity index (χ2n) is 5.10. The normalized spacial score (nSPS) is 14.0. The summed E-state index contributed by atoms with van der Waals surface area (Å²) in [7, 11) is 0. The fourth-order valence-corrected chi connectivity index (χ4v) is 2.01. The van der Waals surface area contributed by atoms with Crippen LogP contribution in [0.1, 0.15) is 31.7 Å². The van der Waals surface area contributed by atoms with Gasteiger partial charge in [-0.2, -0.15) is 0 Å². The molecule has 102 valence electrons. The Morgan fingerprint density at radius 3 is 2.68 bits per heavy atom. The van der Waals surface area contributed by atoms with Gasteiger partial charge in [0.25, 0.3) is 0 Å². The van der Waals surface area contributed by atoms with E-state index >= 15 is 0 Å². The number of anilines is 1. The maximum atomic E-state index is 11.7. The summed E-state index contributed by atoms with van der Waals surface area (Å²) in [6, 6.07) is 8.14. The lowest BCUT2D eigenvalue weighted by Gasteiger charge is -2.21. The summed E-state index contributed by atoms with van der Waals surface area (Å²) >= 11 is 0. The van der Waals surface area contributed by atoms with Crippen LogP contribution in [0.5, 0.6) is 0 Å². The number of hydrogen-bond donors (Lipinski definition) is 1. The Hall–Kier alpha value is -1.84. The number of aryl methyl sites for hydroxylation is 1. The Morgan fingerprint density at radius 1 is 1.37 bits per heavy atom. The molecule has 0 radical (unpaired) electrons. The van der Waals surface area contributed by atoms with Crippen LogP contribution < -0.4 is 10.2 Å². The number of rotatable bonds is 5. The summed E-state index contributed by atoms with van der Waals surface area (Å²) in [5, 5.41) is 2.93. The first-order valence-electron chi connectivity index (χ1n) is 6.70. The first-order chi connectivity index (χ1) is 9.06. The van der Waals surface area contributed by atoms with Crippen LogP contribution in [0.25, 0.3) is 0 Å². The first-order valence-corrected chi connectivity index (χ1v) is 6.70. The zero-order valence-corrected chi connectivity index (χ0v) is 11.5. The fourth-order valence-electron chi connectivity index (χ4n) is 2.01. The zero-order valence-electron chi connectivity index (χ0n) is 11.5. The van der Waals surface area contributed by atoms with E-state index in [1.54, 1.807) is 4.90 Å². The number of benzene rings is 1. The minimum absolute atomic E-state index is 0.0291. The number of nitrogens with one attached hydrogen (secondary N) is 1. The predicted octanol–water partition coefficient (Wildman–Crippen LogP) is 2.02. The summed E-state index contributed by atoms with van der Waals surface area (Å²) in [6.07, 6.45) is 2.52. The Labute approximate surface area is 113 Å². The third-order valence-electron chi connectivity index (χ3n) is 3.20. The standard InChI is InChI=1S/C15H20N2O2/c1-11-4-3-5-14(10-11)17(12(2)18)9-8-15(19)16-13-6-7-13/h3-5,10,13H,6-9H2,1-2H3,(H,16,19). The summed E-state index contributed by atoms with van der Waals surface area (Å²) in [5.41, 5.74) is 1.96. The number of carbonyl (C=O) groups is 2. The Kier molecular flexibility index (Phi) is 4.20. The van der Waals surface area contributed by atoms with Crippen LogP contribution in [0, 0.1) is 6.92 Å². The smallest absolute Gasteiger partial charge is 0.223 e. The molecule has 0 atom stereocenters. The molecule has 0 heterocycles. The van der Waals surface area contributed by atoms with Crippen LogP contribution >= 0.6 is 0 Å². The summed E-state index contributed by atoms with van der Waals surface area (Å²) in [6.45, 7) is 3.94. The Balaban J connectivity index is 1.95. The van der Waals surface area contributed by atoms with Crippen molar-refractivity contribution in [3.05, 3.63) is 29.8 Å². The Bertz CT molecular complexity index is 481. The summed E-state index contributed by atoms with van der Waals surface area (Å²) in [5.74, 6) is -0.00812. The highest BCUT2D eigenvalue weighted by Crippen LogP contribution is 2.19. The van der Waals surface area contributed by atoms with Crippen molar-refractivity contribution >= 4 is 17.5 Å². The molecule has 1 aromatic rings. The molecule has 2 rings (SSSR count). The van der Waals surface area contributed by atoms with E-state index in [0.717, 1.165) is 24.1 Å². The second kappa shape index (κ2) is 5.87. The molecular formula is C15H20N2O2. The lowest BCUT2D eigenvalue weighted by molar-refractivity contribution is -0.121. The van der Waals surface area contributed by atoms with E-state index < -0.39 is 0 Å². The summed E-state index contributed by atoms with van der Waals surface area (Å²) < 4.78 is 0. The van der Waals surface area contributed by atoms with Crippen LogP contribution in [0.4, 0.5) is 5.69 Å². The van der Waals surface area contributed by atoms with Gasteiger partial charge in [-0.15, -0.1) is 0 Å². The van der Waals surface area contributed by atoms with Gasteiger partial charge < -0.3 is 10.2 Å². The average Bonchev–Trinajstić information content (AvgIpc) is 3.12. The second-order valence-corrected chi connectivity index (χ2v) is 5.10. The molecule has 1 fully saturated rings. The van der Waals surface area contributed by atoms with E-state index in [1.165, 1.54) is 6.92 Å². The van der Waals surface area contributed by atoms with Gasteiger partial charge in [-0.05, 0) is 37.5 Å². The Morgan fingerprint density at radius 2 is 2.11 bits per heavy atom. The summed E-state index contributed by atoms with van der Waals surface area (Å²) in [4.78, 5) is 25.0. The molecule has 0 unspecified atom stereocenters. The van der Waals surface area contributed by atoms with Gasteiger partial charge in [-0.3, -0.25) is 9.59 Å². The highest BCUT2D eigenvalue weighted by molar-refractivity contribution is 5.92. The average molecular weight is 260 g/mol. The molecule has 0 aromatic heterocycles. The van der Waals surface area contributed by atoms with Crippen molar-refractivity contribution in [3.8, 4) is 0 Å². The van der Waals surface area contributed by atoms with E-state index in [4.69, 9.17) is 0 Å². The molecule has 4 heteroatoms. The first kappa shape index (κ1) is 13.6. The minimum Gasteiger partial charge on any atom is -0.353 e. The van der Waals surface area contributed by atoms with Crippen molar-refractivity contribution < 1.29 is 9.59 Å². The predicted molar refractivity (Wildman–Crippen MR) is 75.0 cm³/mol. The minimum atomic E-state index is -0.0372. The number of nitrogens with zero attached hydrogens (tertiary/aromatic N) is 1. The lowest BCUT2D eigenvalue weighted by Crippen LogP contribution is -2.34. The SMILES string of the molecule is CC(=O)N(CCC(=O)NC1CC1)c1cccc(C)c1. The van der Waals surface area contributed by atoms with Gasteiger partial charge in [0, 0.05) is 31.6 Å². The molecule has 0 aliphatic heterocycles. The largest absolute Gasteiger partial charge is 0.353 e. The molecule has 1 aromatic carbocycles. The van der Waals surface area contributed by atoms with E-state index in [1.807, 2.05) is 31.2 Å². The molecular weight excluding hydrogens is 240 g/mol. The molecule has 1 aliphatic rings. The van der Waals surface area contributed by atoms with Crippen molar-refractivity contribution in [2.45, 2.75) is 39.2 Å². The van der Waals surface area contributed by atoms with Crippen molar-refractivity contribution in [3.63, 3.8) is 0 Å². The van der Waals surface area contributed by atoms with Crippen LogP contribution in [0.15, 0.2) is 24.3 Å². The van der Waals surface area contributed by atoms with Crippen LogP contribution in [0.2, 0.25) is 0 Å². The fraction of sp³-hybridized carbons (Fsp3) is 0.467. The highest BCUT2D eigenvalue weighted by Gasteiger charge is 2.23. The lowest BCUT2D eigenvalue weighted by atomic mass is 10.2. The topological polar surface area (TPSA) is 49.4 Å². The van der Waals surface area contributed by atoms with E-state index in [0.29, 0.717) is 19.0 Å². The van der Waals surface area contributed by atoms with E-state index in [9.17, 15) is 9.59 Å². The molecule has 0 bridgehead atoms. The van der Waals surface area contributed by atoms with E-state index in [-0.39, 0.29) is 11.8 Å². The van der Waals surface area contributed by atoms with E-state index in [2.05, 4.69) is 5.32 Å². The molecule has 0 spiro atoms. The zero-order chi connectivity index (χ0) is 13.8. The number of carbonyl (C=O) groups excluding carboxylic acids is 2. The van der Waals surface area contributed by atoms with Gasteiger partial charge in [-0.1, -0.05) is 12.1 Å². The quantitative estimate of drug-likeness (QED) is 0.880. The van der Waals surface area contributed by atoms with Gasteiger partial charge in [0.05, 0.1) is 0 Å². The van der Waals surface area contributed by atoms with Crippen molar-refractivity contribution in [2.75, 3.05) is 11.4 Å². The third-order valence-corrected chi connectivity index (χ3v) is 3.20. The maximum Gasteiger partial charge on any atom is 0.223 e. The van der Waals surface area contributed by atoms with Crippen molar-refractivity contribution in [2.24, 2.45) is 0 Å². The number of amides is 2.